The Morgan fingerprint density at radius 1 is 1.03 bits per heavy atom. The maximum atomic E-state index is 12.4. The van der Waals surface area contributed by atoms with Crippen molar-refractivity contribution in [2.45, 2.75) is 6.92 Å². The Labute approximate surface area is 202 Å². The Hall–Kier alpha value is -4.28. The van der Waals surface area contributed by atoms with Gasteiger partial charge >= 0.3 is 0 Å². The van der Waals surface area contributed by atoms with Gasteiger partial charge in [-0.1, -0.05) is 47.5 Å². The van der Waals surface area contributed by atoms with E-state index in [0.717, 1.165) is 5.56 Å². The Morgan fingerprint density at radius 3 is 2.44 bits per heavy atom. The van der Waals surface area contributed by atoms with Crippen LogP contribution in [-0.4, -0.2) is 25.5 Å². The molecule has 0 bridgehead atoms. The van der Waals surface area contributed by atoms with E-state index in [0.29, 0.717) is 22.7 Å². The van der Waals surface area contributed by atoms with Gasteiger partial charge in [-0.25, -0.2) is 0 Å². The lowest BCUT2D eigenvalue weighted by Gasteiger charge is -2.11. The molecule has 0 aromatic heterocycles. The average Bonchev–Trinajstić information content (AvgIpc) is 2.83. The second-order valence-corrected chi connectivity index (χ2v) is 7.62. The molecule has 172 valence electrons. The molecule has 0 heterocycles. The van der Waals surface area contributed by atoms with Crippen LogP contribution in [0, 0.1) is 18.3 Å². The van der Waals surface area contributed by atoms with E-state index >= 15 is 0 Å². The minimum atomic E-state index is -0.532. The summed E-state index contributed by atoms with van der Waals surface area (Å²) in [6.07, 6.45) is 1.42. The van der Waals surface area contributed by atoms with Gasteiger partial charge in [-0.05, 0) is 55.0 Å². The van der Waals surface area contributed by atoms with E-state index in [1.165, 1.54) is 13.2 Å². The van der Waals surface area contributed by atoms with Gasteiger partial charge in [-0.15, -0.1) is 0 Å². The number of anilines is 2. The van der Waals surface area contributed by atoms with Gasteiger partial charge in [0, 0.05) is 5.69 Å². The molecular weight excluding hydrogens is 454 g/mol. The SMILES string of the molecule is COc1ccccc1NC(=O)COc1ccc(/C=C(/C#N)C(=O)Nc2ccc(C)cc2)cc1Cl. The van der Waals surface area contributed by atoms with Crippen molar-refractivity contribution in [1.29, 1.82) is 5.26 Å². The molecule has 0 atom stereocenters. The number of aryl methyl sites for hydroxylation is 1. The Kier molecular flexibility index (Phi) is 8.27. The van der Waals surface area contributed by atoms with Gasteiger partial charge in [0.25, 0.3) is 11.8 Å². The van der Waals surface area contributed by atoms with E-state index < -0.39 is 5.91 Å². The Bertz CT molecular complexity index is 1260. The van der Waals surface area contributed by atoms with Crippen molar-refractivity contribution in [3.05, 3.63) is 88.5 Å². The first kappa shape index (κ1) is 24.4. The van der Waals surface area contributed by atoms with E-state index in [1.807, 2.05) is 25.1 Å². The first-order chi connectivity index (χ1) is 16.4. The number of nitriles is 1. The fourth-order valence-corrected chi connectivity index (χ4v) is 3.20. The largest absolute Gasteiger partial charge is 0.495 e. The number of halogens is 1. The van der Waals surface area contributed by atoms with Crippen molar-refractivity contribution in [2.75, 3.05) is 24.4 Å². The van der Waals surface area contributed by atoms with Crippen molar-refractivity contribution < 1.29 is 19.1 Å². The zero-order valence-electron chi connectivity index (χ0n) is 18.6. The molecule has 3 rings (SSSR count). The number of ether oxygens (including phenoxy) is 2. The van der Waals surface area contributed by atoms with Gasteiger partial charge in [0.2, 0.25) is 0 Å². The summed E-state index contributed by atoms with van der Waals surface area (Å²) in [7, 11) is 1.52. The Balaban J connectivity index is 1.63. The van der Waals surface area contributed by atoms with Gasteiger partial charge < -0.3 is 20.1 Å². The number of rotatable bonds is 8. The van der Waals surface area contributed by atoms with E-state index in [-0.39, 0.29) is 28.9 Å². The number of carbonyl (C=O) groups is 2. The number of hydrogen-bond donors (Lipinski definition) is 2. The van der Waals surface area contributed by atoms with Crippen molar-refractivity contribution in [2.24, 2.45) is 0 Å². The molecule has 0 fully saturated rings. The third-order valence-electron chi connectivity index (χ3n) is 4.68. The molecule has 2 amide bonds. The number of para-hydroxylation sites is 2. The summed E-state index contributed by atoms with van der Waals surface area (Å²) in [5, 5.41) is 15.0. The number of carbonyl (C=O) groups excluding carboxylic acids is 2. The van der Waals surface area contributed by atoms with Crippen LogP contribution < -0.4 is 20.1 Å². The number of nitrogens with one attached hydrogen (secondary N) is 2. The van der Waals surface area contributed by atoms with E-state index in [2.05, 4.69) is 10.6 Å². The quantitative estimate of drug-likeness (QED) is 0.343. The molecule has 3 aromatic rings. The summed E-state index contributed by atoms with van der Waals surface area (Å²) in [6, 6.07) is 20.9. The third kappa shape index (κ3) is 6.61. The molecule has 0 aliphatic rings. The van der Waals surface area contributed by atoms with Crippen LogP contribution >= 0.6 is 11.6 Å². The van der Waals surface area contributed by atoms with Crippen molar-refractivity contribution >= 4 is 40.9 Å². The minimum Gasteiger partial charge on any atom is -0.495 e. The topological polar surface area (TPSA) is 100 Å². The zero-order chi connectivity index (χ0) is 24.5. The lowest BCUT2D eigenvalue weighted by molar-refractivity contribution is -0.118. The molecule has 0 saturated carbocycles. The maximum Gasteiger partial charge on any atom is 0.266 e. The smallest absolute Gasteiger partial charge is 0.266 e. The monoisotopic (exact) mass is 475 g/mol. The molecule has 7 nitrogen and oxygen atoms in total. The highest BCUT2D eigenvalue weighted by molar-refractivity contribution is 6.32. The normalized spacial score (nSPS) is 10.7. The van der Waals surface area contributed by atoms with Crippen LogP contribution in [0.1, 0.15) is 11.1 Å². The van der Waals surface area contributed by atoms with Gasteiger partial charge in [-0.3, -0.25) is 9.59 Å². The molecule has 34 heavy (non-hydrogen) atoms. The highest BCUT2D eigenvalue weighted by atomic mass is 35.5. The summed E-state index contributed by atoms with van der Waals surface area (Å²) < 4.78 is 10.7. The summed E-state index contributed by atoms with van der Waals surface area (Å²) >= 11 is 6.28. The van der Waals surface area contributed by atoms with Crippen LogP contribution in [0.15, 0.2) is 72.3 Å². The maximum absolute atomic E-state index is 12.4. The lowest BCUT2D eigenvalue weighted by Crippen LogP contribution is -2.20. The number of amides is 2. The molecule has 0 aliphatic heterocycles. The predicted molar refractivity (Wildman–Crippen MR) is 132 cm³/mol. The fourth-order valence-electron chi connectivity index (χ4n) is 2.95. The lowest BCUT2D eigenvalue weighted by atomic mass is 10.1. The second kappa shape index (κ2) is 11.5. The molecular formula is C26H22ClN3O4. The number of methoxy groups -OCH3 is 1. The Morgan fingerprint density at radius 2 is 1.76 bits per heavy atom. The van der Waals surface area contributed by atoms with Gasteiger partial charge in [0.15, 0.2) is 6.61 Å². The van der Waals surface area contributed by atoms with Crippen molar-refractivity contribution in [1.82, 2.24) is 0 Å². The first-order valence-corrected chi connectivity index (χ1v) is 10.6. The highest BCUT2D eigenvalue weighted by Gasteiger charge is 2.12. The van der Waals surface area contributed by atoms with E-state index in [1.54, 1.807) is 54.6 Å². The van der Waals surface area contributed by atoms with E-state index in [9.17, 15) is 14.9 Å². The molecule has 3 aromatic carbocycles. The molecule has 0 unspecified atom stereocenters. The molecule has 8 heteroatoms. The number of nitrogens with zero attached hydrogens (tertiary/aromatic N) is 1. The zero-order valence-corrected chi connectivity index (χ0v) is 19.3. The molecule has 0 aliphatic carbocycles. The van der Waals surface area contributed by atoms with E-state index in [4.69, 9.17) is 21.1 Å². The summed E-state index contributed by atoms with van der Waals surface area (Å²) in [6.45, 7) is 1.67. The first-order valence-electron chi connectivity index (χ1n) is 10.2. The molecule has 0 radical (unpaired) electrons. The van der Waals surface area contributed by atoms with Crippen LogP contribution in [0.3, 0.4) is 0 Å². The van der Waals surface area contributed by atoms with Gasteiger partial charge in [0.1, 0.15) is 23.1 Å². The van der Waals surface area contributed by atoms with Gasteiger partial charge in [0.05, 0.1) is 17.8 Å². The highest BCUT2D eigenvalue weighted by Crippen LogP contribution is 2.27. The average molecular weight is 476 g/mol. The van der Waals surface area contributed by atoms with Crippen molar-refractivity contribution in [3.63, 3.8) is 0 Å². The van der Waals surface area contributed by atoms with Crippen molar-refractivity contribution in [3.8, 4) is 17.6 Å². The summed E-state index contributed by atoms with van der Waals surface area (Å²) in [5.74, 6) is -0.0961. The number of benzene rings is 3. The fraction of sp³-hybridized carbons (Fsp3) is 0.115. The minimum absolute atomic E-state index is 0.0819. The van der Waals surface area contributed by atoms with Crippen LogP contribution in [0.2, 0.25) is 5.02 Å². The summed E-state index contributed by atoms with van der Waals surface area (Å²) in [5.41, 5.74) is 2.62. The number of hydrogen-bond acceptors (Lipinski definition) is 5. The van der Waals surface area contributed by atoms with Crippen LogP contribution in [-0.2, 0) is 9.59 Å². The van der Waals surface area contributed by atoms with Crippen LogP contribution in [0.4, 0.5) is 11.4 Å². The molecule has 0 saturated heterocycles. The third-order valence-corrected chi connectivity index (χ3v) is 4.98. The molecule has 2 N–H and O–H groups in total. The summed E-state index contributed by atoms with van der Waals surface area (Å²) in [4.78, 5) is 24.7. The van der Waals surface area contributed by atoms with Crippen LogP contribution in [0.5, 0.6) is 11.5 Å². The predicted octanol–water partition coefficient (Wildman–Crippen LogP) is 5.22. The standard InChI is InChI=1S/C26H22ClN3O4/c1-17-7-10-20(11-8-17)29-26(32)19(15-28)13-18-9-12-23(21(27)14-18)34-16-25(31)30-22-5-3-4-6-24(22)33-2/h3-14H,16H2,1-2H3,(H,29,32)(H,30,31)/b19-13-. The van der Waals surface area contributed by atoms with Gasteiger partial charge in [-0.2, -0.15) is 5.26 Å². The second-order valence-electron chi connectivity index (χ2n) is 7.22. The van der Waals surface area contributed by atoms with Crippen LogP contribution in [0.25, 0.3) is 6.08 Å². The molecule has 0 spiro atoms.